The molecule has 0 bridgehead atoms. The van der Waals surface area contributed by atoms with Crippen molar-refractivity contribution >= 4 is 27.3 Å². The van der Waals surface area contributed by atoms with Crippen LogP contribution in [0.3, 0.4) is 0 Å². The van der Waals surface area contributed by atoms with Gasteiger partial charge in [-0.2, -0.15) is 4.72 Å². The molecule has 0 amide bonds. The number of aryl methyl sites for hydroxylation is 1. The van der Waals surface area contributed by atoms with E-state index in [1.54, 1.807) is 20.8 Å². The van der Waals surface area contributed by atoms with Crippen LogP contribution in [0.4, 0.5) is 0 Å². The molecule has 0 aliphatic carbocycles. The second-order valence-corrected chi connectivity index (χ2v) is 7.04. The molecule has 6 nitrogen and oxygen atoms in total. The fourth-order valence-electron chi connectivity index (χ4n) is 1.51. The number of thiazole rings is 1. The molecule has 1 rings (SSSR count). The lowest BCUT2D eigenvalue weighted by molar-refractivity contribution is -0.144. The second-order valence-electron chi connectivity index (χ2n) is 3.90. The Morgan fingerprint density at radius 2 is 2.06 bits per heavy atom. The minimum atomic E-state index is -3.84. The molecule has 1 heterocycles. The molecule has 0 radical (unpaired) electrons. The third kappa shape index (κ3) is 2.88. The molecule has 0 saturated heterocycles. The standard InChI is InChI=1S/C10H16N2O4S2/c1-4-10(5-2,9(13)14)12-18(15,16)8-6-11-7(3)17-8/h6,12H,4-5H2,1-3H3,(H,13,14). The first-order chi connectivity index (χ1) is 8.27. The molecule has 1 aromatic rings. The van der Waals surface area contributed by atoms with Gasteiger partial charge >= 0.3 is 5.97 Å². The maximum absolute atomic E-state index is 12.1. The monoisotopic (exact) mass is 292 g/mol. The van der Waals surface area contributed by atoms with Gasteiger partial charge in [0.15, 0.2) is 4.21 Å². The van der Waals surface area contributed by atoms with Crippen molar-refractivity contribution in [3.63, 3.8) is 0 Å². The van der Waals surface area contributed by atoms with Gasteiger partial charge in [-0.25, -0.2) is 13.4 Å². The Kier molecular flexibility index (Phi) is 4.46. The minimum Gasteiger partial charge on any atom is -0.480 e. The van der Waals surface area contributed by atoms with Crippen LogP contribution in [0.1, 0.15) is 31.7 Å². The summed E-state index contributed by atoms with van der Waals surface area (Å²) >= 11 is 1.01. The van der Waals surface area contributed by atoms with E-state index in [-0.39, 0.29) is 17.1 Å². The second kappa shape index (κ2) is 5.33. The molecular weight excluding hydrogens is 276 g/mol. The summed E-state index contributed by atoms with van der Waals surface area (Å²) in [5.41, 5.74) is -1.46. The van der Waals surface area contributed by atoms with Crippen molar-refractivity contribution in [2.75, 3.05) is 0 Å². The lowest BCUT2D eigenvalue weighted by Crippen LogP contribution is -2.53. The Morgan fingerprint density at radius 3 is 2.39 bits per heavy atom. The molecule has 0 saturated carbocycles. The number of nitrogens with one attached hydrogen (secondary N) is 1. The Labute approximate surface area is 110 Å². The summed E-state index contributed by atoms with van der Waals surface area (Å²) in [4.78, 5) is 15.1. The van der Waals surface area contributed by atoms with Crippen molar-refractivity contribution in [1.29, 1.82) is 0 Å². The predicted molar refractivity (Wildman–Crippen MR) is 68.1 cm³/mol. The van der Waals surface area contributed by atoms with Gasteiger partial charge in [0.25, 0.3) is 10.0 Å². The van der Waals surface area contributed by atoms with Gasteiger partial charge in [-0.1, -0.05) is 13.8 Å². The Hall–Kier alpha value is -0.990. The Morgan fingerprint density at radius 1 is 1.50 bits per heavy atom. The summed E-state index contributed by atoms with van der Waals surface area (Å²) in [7, 11) is -3.84. The summed E-state index contributed by atoms with van der Waals surface area (Å²) in [5, 5.41) is 9.82. The number of rotatable bonds is 6. The molecule has 0 aliphatic heterocycles. The van der Waals surface area contributed by atoms with Gasteiger partial charge in [0, 0.05) is 0 Å². The molecule has 0 spiro atoms. The van der Waals surface area contributed by atoms with Gasteiger partial charge in [-0.15, -0.1) is 11.3 Å². The molecule has 0 aromatic carbocycles. The van der Waals surface area contributed by atoms with E-state index in [4.69, 9.17) is 0 Å². The zero-order valence-corrected chi connectivity index (χ0v) is 12.1. The van der Waals surface area contributed by atoms with Crippen LogP contribution in [-0.4, -0.2) is 30.0 Å². The molecule has 1 aromatic heterocycles. The highest BCUT2D eigenvalue weighted by Crippen LogP contribution is 2.23. The molecule has 0 aliphatic rings. The van der Waals surface area contributed by atoms with E-state index in [9.17, 15) is 18.3 Å². The third-order valence-corrected chi connectivity index (χ3v) is 5.72. The van der Waals surface area contributed by atoms with Crippen LogP contribution in [0.2, 0.25) is 0 Å². The zero-order chi connectivity index (χ0) is 14.0. The van der Waals surface area contributed by atoms with E-state index in [0.717, 1.165) is 11.3 Å². The molecule has 0 unspecified atom stereocenters. The van der Waals surface area contributed by atoms with Gasteiger partial charge in [0.1, 0.15) is 5.54 Å². The maximum Gasteiger partial charge on any atom is 0.324 e. The molecule has 8 heteroatoms. The number of carbonyl (C=O) groups is 1. The number of aromatic nitrogens is 1. The fourth-order valence-corrected chi connectivity index (χ4v) is 4.12. The van der Waals surface area contributed by atoms with Gasteiger partial charge in [-0.05, 0) is 19.8 Å². The van der Waals surface area contributed by atoms with E-state index < -0.39 is 21.5 Å². The Balaban J connectivity index is 3.11. The fraction of sp³-hybridized carbons (Fsp3) is 0.600. The average molecular weight is 292 g/mol. The van der Waals surface area contributed by atoms with E-state index in [1.165, 1.54) is 6.20 Å². The first-order valence-corrected chi connectivity index (χ1v) is 7.77. The van der Waals surface area contributed by atoms with Crippen LogP contribution >= 0.6 is 11.3 Å². The van der Waals surface area contributed by atoms with Crippen LogP contribution in [0.15, 0.2) is 10.4 Å². The first-order valence-electron chi connectivity index (χ1n) is 5.47. The maximum atomic E-state index is 12.1. The number of nitrogens with zero attached hydrogens (tertiary/aromatic N) is 1. The molecule has 0 fully saturated rings. The zero-order valence-electron chi connectivity index (χ0n) is 10.4. The van der Waals surface area contributed by atoms with Gasteiger partial charge in [0.2, 0.25) is 0 Å². The van der Waals surface area contributed by atoms with Crippen LogP contribution in [0, 0.1) is 6.92 Å². The summed E-state index contributed by atoms with van der Waals surface area (Å²) < 4.78 is 26.5. The van der Waals surface area contributed by atoms with Gasteiger partial charge in [-0.3, -0.25) is 4.79 Å². The molecule has 0 atom stereocenters. The number of carboxylic acid groups (broad SMARTS) is 1. The van der Waals surface area contributed by atoms with E-state index in [2.05, 4.69) is 9.71 Å². The Bertz CT molecular complexity index is 532. The van der Waals surface area contributed by atoms with Crippen LogP contribution in [0.5, 0.6) is 0 Å². The van der Waals surface area contributed by atoms with Crippen molar-refractivity contribution in [2.45, 2.75) is 43.4 Å². The highest BCUT2D eigenvalue weighted by molar-refractivity contribution is 7.91. The van der Waals surface area contributed by atoms with E-state index in [1.807, 2.05) is 0 Å². The van der Waals surface area contributed by atoms with Gasteiger partial charge in [0.05, 0.1) is 11.2 Å². The molecule has 18 heavy (non-hydrogen) atoms. The van der Waals surface area contributed by atoms with Crippen molar-refractivity contribution in [1.82, 2.24) is 9.71 Å². The highest BCUT2D eigenvalue weighted by atomic mass is 32.2. The number of sulfonamides is 1. The summed E-state index contributed by atoms with van der Waals surface area (Å²) in [5.74, 6) is -1.17. The average Bonchev–Trinajstić information content (AvgIpc) is 2.73. The van der Waals surface area contributed by atoms with Crippen molar-refractivity contribution in [3.8, 4) is 0 Å². The number of carboxylic acids is 1. The number of hydrogen-bond acceptors (Lipinski definition) is 5. The minimum absolute atomic E-state index is 0.0347. The largest absolute Gasteiger partial charge is 0.480 e. The molecule has 102 valence electrons. The SMILES string of the molecule is CCC(CC)(NS(=O)(=O)c1cnc(C)s1)C(=O)O. The van der Waals surface area contributed by atoms with Crippen molar-refractivity contribution < 1.29 is 18.3 Å². The van der Waals surface area contributed by atoms with Crippen LogP contribution < -0.4 is 4.72 Å². The van der Waals surface area contributed by atoms with Gasteiger partial charge < -0.3 is 5.11 Å². The smallest absolute Gasteiger partial charge is 0.324 e. The normalized spacial score (nSPS) is 12.6. The number of hydrogen-bond donors (Lipinski definition) is 2. The third-order valence-electron chi connectivity index (χ3n) is 2.81. The van der Waals surface area contributed by atoms with Crippen molar-refractivity contribution in [2.24, 2.45) is 0 Å². The van der Waals surface area contributed by atoms with E-state index >= 15 is 0 Å². The lowest BCUT2D eigenvalue weighted by Gasteiger charge is -2.27. The predicted octanol–water partition coefficient (Wildman–Crippen LogP) is 1.37. The molecule has 2 N–H and O–H groups in total. The van der Waals surface area contributed by atoms with Crippen molar-refractivity contribution in [3.05, 3.63) is 11.2 Å². The van der Waals surface area contributed by atoms with E-state index in [0.29, 0.717) is 5.01 Å². The summed E-state index contributed by atoms with van der Waals surface area (Å²) in [6.07, 6.45) is 1.59. The van der Waals surface area contributed by atoms with Crippen LogP contribution in [-0.2, 0) is 14.8 Å². The quantitative estimate of drug-likeness (QED) is 0.825. The molecular formula is C10H16N2O4S2. The lowest BCUT2D eigenvalue weighted by atomic mass is 9.95. The summed E-state index contributed by atoms with van der Waals surface area (Å²) in [6.45, 7) is 4.96. The highest BCUT2D eigenvalue weighted by Gasteiger charge is 2.39. The first kappa shape index (κ1) is 15.1. The number of aliphatic carboxylic acids is 1. The topological polar surface area (TPSA) is 96.4 Å². The van der Waals surface area contributed by atoms with Crippen LogP contribution in [0.25, 0.3) is 0 Å². The summed E-state index contributed by atoms with van der Waals surface area (Å²) in [6, 6.07) is 0.